The maximum Gasteiger partial charge on any atom is 0.264 e. The molecule has 0 amide bonds. The minimum Gasteiger partial charge on any atom is -0.305 e. The summed E-state index contributed by atoms with van der Waals surface area (Å²) >= 11 is 5.84. The molecule has 1 aromatic heterocycles. The topological polar surface area (TPSA) is 62.3 Å². The Bertz CT molecular complexity index is 733. The number of hydrogen-bond donors (Lipinski definition) is 1. The Morgan fingerprint density at radius 1 is 1.24 bits per heavy atom. The van der Waals surface area contributed by atoms with Gasteiger partial charge in [-0.15, -0.1) is 0 Å². The summed E-state index contributed by atoms with van der Waals surface area (Å²) in [5.74, 6) is 0. The van der Waals surface area contributed by atoms with Gasteiger partial charge in [0.25, 0.3) is 10.0 Å². The smallest absolute Gasteiger partial charge is 0.264 e. The summed E-state index contributed by atoms with van der Waals surface area (Å²) in [6.07, 6.45) is 1.44. The molecule has 0 aliphatic rings. The van der Waals surface area contributed by atoms with Gasteiger partial charge in [0.1, 0.15) is 10.0 Å². The van der Waals surface area contributed by atoms with Gasteiger partial charge in [0, 0.05) is 18.4 Å². The molecule has 7 heteroatoms. The molecule has 0 aliphatic heterocycles. The van der Waals surface area contributed by atoms with Gasteiger partial charge in [-0.3, -0.25) is 4.72 Å². The lowest BCUT2D eigenvalue weighted by atomic mass is 10.2. The van der Waals surface area contributed by atoms with E-state index >= 15 is 0 Å². The molecule has 0 aliphatic carbocycles. The van der Waals surface area contributed by atoms with Crippen molar-refractivity contribution < 1.29 is 8.42 Å². The molecule has 0 saturated heterocycles. The fraction of sp³-hybridized carbons (Fsp3) is 0.214. The Morgan fingerprint density at radius 3 is 2.67 bits per heavy atom. The number of sulfonamides is 1. The van der Waals surface area contributed by atoms with Crippen molar-refractivity contribution in [3.63, 3.8) is 0 Å². The van der Waals surface area contributed by atoms with E-state index in [-0.39, 0.29) is 10.0 Å². The Labute approximate surface area is 129 Å². The zero-order valence-corrected chi connectivity index (χ0v) is 13.3. The van der Waals surface area contributed by atoms with E-state index in [9.17, 15) is 8.42 Å². The second-order valence-corrected chi connectivity index (χ2v) is 6.84. The number of anilines is 1. The predicted octanol–water partition coefficient (Wildman–Crippen LogP) is 2.60. The molecule has 112 valence electrons. The van der Waals surface area contributed by atoms with E-state index < -0.39 is 10.0 Å². The van der Waals surface area contributed by atoms with E-state index in [4.69, 9.17) is 11.6 Å². The zero-order chi connectivity index (χ0) is 15.5. The van der Waals surface area contributed by atoms with Crippen molar-refractivity contribution in [1.82, 2.24) is 9.88 Å². The molecule has 0 radical (unpaired) electrons. The lowest BCUT2D eigenvalue weighted by molar-refractivity contribution is 0.402. The molecule has 0 unspecified atom stereocenters. The van der Waals surface area contributed by atoms with Crippen LogP contribution in [0.15, 0.2) is 47.5 Å². The van der Waals surface area contributed by atoms with Crippen molar-refractivity contribution >= 4 is 27.3 Å². The van der Waals surface area contributed by atoms with Crippen LogP contribution in [0.25, 0.3) is 0 Å². The Hall–Kier alpha value is -1.63. The third kappa shape index (κ3) is 4.17. The highest BCUT2D eigenvalue weighted by molar-refractivity contribution is 7.92. The molecular formula is C14H16ClN3O2S. The third-order valence-electron chi connectivity index (χ3n) is 2.69. The number of halogens is 1. The van der Waals surface area contributed by atoms with E-state index in [1.54, 1.807) is 12.1 Å². The molecule has 21 heavy (non-hydrogen) atoms. The number of pyridine rings is 1. The van der Waals surface area contributed by atoms with Crippen LogP contribution in [-0.4, -0.2) is 32.4 Å². The number of nitrogens with zero attached hydrogens (tertiary/aromatic N) is 2. The maximum atomic E-state index is 12.3. The van der Waals surface area contributed by atoms with Crippen LogP contribution in [0, 0.1) is 0 Å². The average Bonchev–Trinajstić information content (AvgIpc) is 2.38. The van der Waals surface area contributed by atoms with Crippen LogP contribution in [-0.2, 0) is 16.6 Å². The largest absolute Gasteiger partial charge is 0.305 e. The molecule has 0 spiro atoms. The maximum absolute atomic E-state index is 12.3. The second kappa shape index (κ2) is 6.43. The van der Waals surface area contributed by atoms with Crippen LogP contribution in [0.2, 0.25) is 5.15 Å². The first-order chi connectivity index (χ1) is 9.88. The minimum absolute atomic E-state index is 0.0373. The van der Waals surface area contributed by atoms with Crippen molar-refractivity contribution in [2.45, 2.75) is 11.4 Å². The van der Waals surface area contributed by atoms with Crippen LogP contribution in [0.5, 0.6) is 0 Å². The van der Waals surface area contributed by atoms with Gasteiger partial charge in [0.15, 0.2) is 0 Å². The highest BCUT2D eigenvalue weighted by Gasteiger charge is 2.18. The standard InChI is InChI=1S/C14H16ClN3O2S/c1-18(2)10-11-5-3-6-12(9-11)17-21(19,20)13-7-4-8-16-14(13)15/h3-9,17H,10H2,1-2H3. The van der Waals surface area contributed by atoms with Crippen LogP contribution in [0.4, 0.5) is 5.69 Å². The first kappa shape index (κ1) is 15.8. The van der Waals surface area contributed by atoms with Gasteiger partial charge in [0.2, 0.25) is 0 Å². The lowest BCUT2D eigenvalue weighted by Crippen LogP contribution is -2.15. The summed E-state index contributed by atoms with van der Waals surface area (Å²) in [7, 11) is 0.154. The highest BCUT2D eigenvalue weighted by atomic mass is 35.5. The van der Waals surface area contributed by atoms with Crippen molar-refractivity contribution in [2.24, 2.45) is 0 Å². The van der Waals surface area contributed by atoms with Crippen molar-refractivity contribution in [3.8, 4) is 0 Å². The van der Waals surface area contributed by atoms with Crippen LogP contribution < -0.4 is 4.72 Å². The average molecular weight is 326 g/mol. The van der Waals surface area contributed by atoms with Gasteiger partial charge in [-0.05, 0) is 43.9 Å². The summed E-state index contributed by atoms with van der Waals surface area (Å²) in [6.45, 7) is 0.725. The molecule has 1 N–H and O–H groups in total. The number of benzene rings is 1. The first-order valence-corrected chi connectivity index (χ1v) is 8.11. The molecule has 0 saturated carbocycles. The van der Waals surface area contributed by atoms with Gasteiger partial charge >= 0.3 is 0 Å². The highest BCUT2D eigenvalue weighted by Crippen LogP contribution is 2.22. The molecule has 2 rings (SSSR count). The molecule has 0 fully saturated rings. The second-order valence-electron chi connectivity index (χ2n) is 4.84. The Morgan fingerprint density at radius 2 is 2.00 bits per heavy atom. The van der Waals surface area contributed by atoms with E-state index in [1.807, 2.05) is 31.1 Å². The monoisotopic (exact) mass is 325 g/mol. The summed E-state index contributed by atoms with van der Waals surface area (Å²) in [4.78, 5) is 5.75. The molecule has 1 heterocycles. The van der Waals surface area contributed by atoms with E-state index in [0.717, 1.165) is 12.1 Å². The minimum atomic E-state index is -3.75. The molecule has 0 atom stereocenters. The molecule has 2 aromatic rings. The Kier molecular flexibility index (Phi) is 4.82. The Balaban J connectivity index is 2.27. The van der Waals surface area contributed by atoms with Crippen molar-refractivity contribution in [1.29, 1.82) is 0 Å². The fourth-order valence-electron chi connectivity index (χ4n) is 1.88. The van der Waals surface area contributed by atoms with Gasteiger partial charge in [-0.25, -0.2) is 13.4 Å². The molecule has 1 aromatic carbocycles. The zero-order valence-electron chi connectivity index (χ0n) is 11.7. The van der Waals surface area contributed by atoms with E-state index in [0.29, 0.717) is 5.69 Å². The van der Waals surface area contributed by atoms with Crippen LogP contribution in [0.3, 0.4) is 0 Å². The third-order valence-corrected chi connectivity index (χ3v) is 4.52. The first-order valence-electron chi connectivity index (χ1n) is 6.25. The van der Waals surface area contributed by atoms with E-state index in [1.165, 1.54) is 18.3 Å². The normalized spacial score (nSPS) is 11.6. The van der Waals surface area contributed by atoms with Gasteiger partial charge in [-0.2, -0.15) is 0 Å². The predicted molar refractivity (Wildman–Crippen MR) is 83.9 cm³/mol. The number of hydrogen-bond acceptors (Lipinski definition) is 4. The van der Waals surface area contributed by atoms with Crippen molar-refractivity contribution in [3.05, 3.63) is 53.3 Å². The van der Waals surface area contributed by atoms with Gasteiger partial charge < -0.3 is 4.90 Å². The van der Waals surface area contributed by atoms with Gasteiger partial charge in [-0.1, -0.05) is 23.7 Å². The number of aromatic nitrogens is 1. The quantitative estimate of drug-likeness (QED) is 0.858. The fourth-order valence-corrected chi connectivity index (χ4v) is 3.38. The molecule has 5 nitrogen and oxygen atoms in total. The van der Waals surface area contributed by atoms with Crippen LogP contribution in [0.1, 0.15) is 5.56 Å². The van der Waals surface area contributed by atoms with Crippen molar-refractivity contribution in [2.75, 3.05) is 18.8 Å². The number of rotatable bonds is 5. The summed E-state index contributed by atoms with van der Waals surface area (Å²) in [5.41, 5.74) is 1.51. The molecule has 0 bridgehead atoms. The van der Waals surface area contributed by atoms with E-state index in [2.05, 4.69) is 9.71 Å². The lowest BCUT2D eigenvalue weighted by Gasteiger charge is -2.12. The van der Waals surface area contributed by atoms with Crippen LogP contribution >= 0.6 is 11.6 Å². The summed E-state index contributed by atoms with van der Waals surface area (Å²) in [6, 6.07) is 10.2. The SMILES string of the molecule is CN(C)Cc1cccc(NS(=O)(=O)c2cccnc2Cl)c1. The number of nitrogens with one attached hydrogen (secondary N) is 1. The summed E-state index contributed by atoms with van der Waals surface area (Å²) < 4.78 is 27.1. The molecular weight excluding hydrogens is 310 g/mol. The summed E-state index contributed by atoms with van der Waals surface area (Å²) in [5, 5.41) is -0.0468. The van der Waals surface area contributed by atoms with Gasteiger partial charge in [0.05, 0.1) is 0 Å².